The molecule has 2 rings (SSSR count). The minimum Gasteiger partial charge on any atom is -0.308 e. The molecule has 0 spiro atoms. The van der Waals surface area contributed by atoms with Crippen molar-refractivity contribution in [1.29, 1.82) is 0 Å². The monoisotopic (exact) mass is 229 g/mol. The average Bonchev–Trinajstić information content (AvgIpc) is 2.63. The van der Waals surface area contributed by atoms with Crippen molar-refractivity contribution in [2.45, 2.75) is 32.4 Å². The SMILES string of the molecule is Cc1nnc(CNC2CCSCC2)s1. The molecule has 78 valence electrons. The van der Waals surface area contributed by atoms with Crippen LogP contribution >= 0.6 is 23.1 Å². The Morgan fingerprint density at radius 3 is 2.79 bits per heavy atom. The molecular formula is C9H15N3S2. The molecular weight excluding hydrogens is 214 g/mol. The number of rotatable bonds is 3. The van der Waals surface area contributed by atoms with Gasteiger partial charge in [0.15, 0.2) is 0 Å². The van der Waals surface area contributed by atoms with Gasteiger partial charge in [-0.1, -0.05) is 0 Å². The summed E-state index contributed by atoms with van der Waals surface area (Å²) in [6, 6.07) is 0.695. The van der Waals surface area contributed by atoms with Crippen LogP contribution in [0.2, 0.25) is 0 Å². The highest BCUT2D eigenvalue weighted by molar-refractivity contribution is 7.99. The van der Waals surface area contributed by atoms with Crippen molar-refractivity contribution in [1.82, 2.24) is 15.5 Å². The number of hydrogen-bond acceptors (Lipinski definition) is 5. The molecule has 0 aromatic carbocycles. The lowest BCUT2D eigenvalue weighted by Gasteiger charge is -2.21. The minimum atomic E-state index is 0.695. The molecule has 0 amide bonds. The zero-order chi connectivity index (χ0) is 9.80. The summed E-state index contributed by atoms with van der Waals surface area (Å²) in [5, 5.41) is 13.8. The molecule has 0 atom stereocenters. The van der Waals surface area contributed by atoms with E-state index in [1.165, 1.54) is 24.3 Å². The third kappa shape index (κ3) is 2.93. The highest BCUT2D eigenvalue weighted by atomic mass is 32.2. The Bertz CT molecular complexity index is 281. The van der Waals surface area contributed by atoms with E-state index in [0.717, 1.165) is 16.6 Å². The maximum Gasteiger partial charge on any atom is 0.131 e. The van der Waals surface area contributed by atoms with Gasteiger partial charge >= 0.3 is 0 Å². The van der Waals surface area contributed by atoms with Gasteiger partial charge in [0.25, 0.3) is 0 Å². The summed E-state index contributed by atoms with van der Waals surface area (Å²) in [5.74, 6) is 2.60. The van der Waals surface area contributed by atoms with Crippen LogP contribution in [0.5, 0.6) is 0 Å². The molecule has 3 nitrogen and oxygen atoms in total. The van der Waals surface area contributed by atoms with Crippen molar-refractivity contribution in [2.75, 3.05) is 11.5 Å². The zero-order valence-electron chi connectivity index (χ0n) is 8.32. The Balaban J connectivity index is 1.76. The van der Waals surface area contributed by atoms with Crippen LogP contribution < -0.4 is 5.32 Å². The van der Waals surface area contributed by atoms with Crippen LogP contribution in [0.4, 0.5) is 0 Å². The highest BCUT2D eigenvalue weighted by Gasteiger charge is 2.13. The second kappa shape index (κ2) is 5.09. The number of nitrogens with zero attached hydrogens (tertiary/aromatic N) is 2. The van der Waals surface area contributed by atoms with E-state index in [0.29, 0.717) is 6.04 Å². The fourth-order valence-corrected chi connectivity index (χ4v) is 3.31. The fourth-order valence-electron chi connectivity index (χ4n) is 1.54. The van der Waals surface area contributed by atoms with Gasteiger partial charge in [-0.05, 0) is 31.3 Å². The standard InChI is InChI=1S/C9H15N3S2/c1-7-11-12-9(14-7)6-10-8-2-4-13-5-3-8/h8,10H,2-6H2,1H3. The van der Waals surface area contributed by atoms with Gasteiger partial charge in [-0.25, -0.2) is 0 Å². The molecule has 2 heterocycles. The molecule has 0 bridgehead atoms. The van der Waals surface area contributed by atoms with E-state index in [2.05, 4.69) is 27.3 Å². The van der Waals surface area contributed by atoms with E-state index in [9.17, 15) is 0 Å². The summed E-state index contributed by atoms with van der Waals surface area (Å²) in [6.45, 7) is 2.89. The van der Waals surface area contributed by atoms with E-state index in [-0.39, 0.29) is 0 Å². The summed E-state index contributed by atoms with van der Waals surface area (Å²) >= 11 is 3.75. The first-order valence-corrected chi connectivity index (χ1v) is 6.92. The molecule has 14 heavy (non-hydrogen) atoms. The van der Waals surface area contributed by atoms with E-state index >= 15 is 0 Å². The summed E-state index contributed by atoms with van der Waals surface area (Å²) < 4.78 is 0. The number of hydrogen-bond donors (Lipinski definition) is 1. The normalized spacial score (nSPS) is 18.6. The van der Waals surface area contributed by atoms with Crippen molar-refractivity contribution in [3.8, 4) is 0 Å². The Morgan fingerprint density at radius 1 is 1.36 bits per heavy atom. The lowest BCUT2D eigenvalue weighted by Crippen LogP contribution is -2.31. The molecule has 0 unspecified atom stereocenters. The molecule has 1 saturated heterocycles. The van der Waals surface area contributed by atoms with Gasteiger partial charge in [0.1, 0.15) is 10.0 Å². The van der Waals surface area contributed by atoms with Crippen LogP contribution in [-0.2, 0) is 6.54 Å². The van der Waals surface area contributed by atoms with Gasteiger partial charge in [-0.15, -0.1) is 21.5 Å². The lowest BCUT2D eigenvalue weighted by atomic mass is 10.1. The predicted molar refractivity (Wildman–Crippen MR) is 61.8 cm³/mol. The van der Waals surface area contributed by atoms with Gasteiger partial charge in [0.2, 0.25) is 0 Å². The van der Waals surface area contributed by atoms with Gasteiger partial charge in [-0.2, -0.15) is 11.8 Å². The largest absolute Gasteiger partial charge is 0.308 e. The molecule has 0 aliphatic carbocycles. The van der Waals surface area contributed by atoms with E-state index in [1.807, 2.05) is 6.92 Å². The van der Waals surface area contributed by atoms with Crippen molar-refractivity contribution >= 4 is 23.1 Å². The number of aromatic nitrogens is 2. The summed E-state index contributed by atoms with van der Waals surface area (Å²) in [6.07, 6.45) is 2.59. The quantitative estimate of drug-likeness (QED) is 0.858. The van der Waals surface area contributed by atoms with E-state index < -0.39 is 0 Å². The second-order valence-corrected chi connectivity index (χ2v) is 5.97. The molecule has 1 fully saturated rings. The number of aryl methyl sites for hydroxylation is 1. The highest BCUT2D eigenvalue weighted by Crippen LogP contribution is 2.17. The van der Waals surface area contributed by atoms with Gasteiger partial charge in [0.05, 0.1) is 0 Å². The molecule has 1 N–H and O–H groups in total. The molecule has 5 heteroatoms. The molecule has 1 aliphatic heterocycles. The first-order valence-electron chi connectivity index (χ1n) is 4.95. The maximum atomic E-state index is 4.10. The molecule has 0 radical (unpaired) electrons. The first-order chi connectivity index (χ1) is 6.84. The number of nitrogens with one attached hydrogen (secondary N) is 1. The molecule has 0 saturated carbocycles. The Kier molecular flexibility index (Phi) is 3.78. The van der Waals surface area contributed by atoms with Crippen molar-refractivity contribution in [2.24, 2.45) is 0 Å². The van der Waals surface area contributed by atoms with Crippen LogP contribution in [-0.4, -0.2) is 27.7 Å². The van der Waals surface area contributed by atoms with E-state index in [4.69, 9.17) is 0 Å². The first kappa shape index (κ1) is 10.4. The summed E-state index contributed by atoms with van der Waals surface area (Å²) in [7, 11) is 0. The van der Waals surface area contributed by atoms with Gasteiger partial charge in [-0.3, -0.25) is 0 Å². The van der Waals surface area contributed by atoms with E-state index in [1.54, 1.807) is 11.3 Å². The van der Waals surface area contributed by atoms with Gasteiger partial charge < -0.3 is 5.32 Å². The van der Waals surface area contributed by atoms with Crippen LogP contribution in [0.15, 0.2) is 0 Å². The summed E-state index contributed by atoms with van der Waals surface area (Å²) in [5.41, 5.74) is 0. The lowest BCUT2D eigenvalue weighted by molar-refractivity contribution is 0.480. The van der Waals surface area contributed by atoms with Crippen LogP contribution in [0.3, 0.4) is 0 Å². The minimum absolute atomic E-state index is 0.695. The summed E-state index contributed by atoms with van der Waals surface area (Å²) in [4.78, 5) is 0. The third-order valence-corrected chi connectivity index (χ3v) is 4.22. The number of thioether (sulfide) groups is 1. The zero-order valence-corrected chi connectivity index (χ0v) is 9.96. The second-order valence-electron chi connectivity index (χ2n) is 3.48. The Labute approximate surface area is 92.7 Å². The van der Waals surface area contributed by atoms with Crippen LogP contribution in [0.1, 0.15) is 22.9 Å². The molecule has 1 aliphatic rings. The predicted octanol–water partition coefficient (Wildman–Crippen LogP) is 1.83. The average molecular weight is 229 g/mol. The maximum absolute atomic E-state index is 4.10. The smallest absolute Gasteiger partial charge is 0.131 e. The van der Waals surface area contributed by atoms with Crippen molar-refractivity contribution in [3.63, 3.8) is 0 Å². The van der Waals surface area contributed by atoms with Crippen LogP contribution in [0, 0.1) is 6.92 Å². The van der Waals surface area contributed by atoms with Crippen LogP contribution in [0.25, 0.3) is 0 Å². The third-order valence-electron chi connectivity index (χ3n) is 2.33. The fraction of sp³-hybridized carbons (Fsp3) is 0.778. The van der Waals surface area contributed by atoms with Crippen molar-refractivity contribution < 1.29 is 0 Å². The van der Waals surface area contributed by atoms with Crippen molar-refractivity contribution in [3.05, 3.63) is 10.0 Å². The topological polar surface area (TPSA) is 37.8 Å². The van der Waals surface area contributed by atoms with Gasteiger partial charge in [0, 0.05) is 12.6 Å². The molecule has 1 aromatic heterocycles. The molecule has 1 aromatic rings. The Morgan fingerprint density at radius 2 is 2.14 bits per heavy atom. The Hall–Kier alpha value is -0.130.